The number of aliphatic carboxylic acids is 1. The molecule has 4 aromatic carbocycles. The van der Waals surface area contributed by atoms with E-state index in [1.54, 1.807) is 112 Å². The Labute approximate surface area is 358 Å². The second-order valence-corrected chi connectivity index (χ2v) is 20.2. The Morgan fingerprint density at radius 1 is 0.623 bits per heavy atom. The number of carboxylic acids is 1. The zero-order valence-electron chi connectivity index (χ0n) is 33.0. The smallest absolute Gasteiger partial charge is 0.325 e. The van der Waals surface area contributed by atoms with E-state index in [2.05, 4.69) is 0 Å². The Morgan fingerprint density at radius 2 is 1.03 bits per heavy atom. The normalized spacial score (nSPS) is 11.8. The van der Waals surface area contributed by atoms with Gasteiger partial charge in [0.05, 0.1) is 16.9 Å². The molecule has 0 saturated heterocycles. The second kappa shape index (κ2) is 17.6. The Bertz CT molecular complexity index is 3150. The summed E-state index contributed by atoms with van der Waals surface area (Å²) < 4.78 is 89.3. The first-order valence-electron chi connectivity index (χ1n) is 18.7. The van der Waals surface area contributed by atoms with Crippen LogP contribution in [0.25, 0.3) is 21.8 Å². The molecule has 8 rings (SSSR count). The minimum atomic E-state index is -3.69. The number of thiophene rings is 2. The van der Waals surface area contributed by atoms with Crippen LogP contribution in [0, 0.1) is 25.5 Å². The molecule has 4 aromatic heterocycles. The number of sulfone groups is 2. The van der Waals surface area contributed by atoms with Crippen LogP contribution < -0.4 is 0 Å². The molecule has 0 aliphatic heterocycles. The van der Waals surface area contributed by atoms with Gasteiger partial charge in [-0.15, -0.1) is 22.7 Å². The molecule has 0 aliphatic carbocycles. The summed E-state index contributed by atoms with van der Waals surface area (Å²) in [6, 6.07) is 28.6. The topological polar surface area (TPSA) is 142 Å². The van der Waals surface area contributed by atoms with Crippen molar-refractivity contribution < 1.29 is 45.0 Å². The summed E-state index contributed by atoms with van der Waals surface area (Å²) >= 11 is 2.30. The fourth-order valence-electron chi connectivity index (χ4n) is 7.40. The molecule has 4 heterocycles. The van der Waals surface area contributed by atoms with Gasteiger partial charge in [-0.05, 0) is 120 Å². The number of nitrogens with zero attached hydrogens (tertiary/aromatic N) is 2. The SMILES string of the molecule is COC(=O)Cn1c(C)c(Cc2ccsc2S(=O)(=O)c2ccccc2)c2cc(F)ccc21.Cc1c(Cc2ccsc2S(=O)(=O)c2ccccc2)c2cc(F)ccc2n1CC(=O)O. The van der Waals surface area contributed by atoms with Crippen molar-refractivity contribution in [2.24, 2.45) is 0 Å². The standard InChI is InChI=1S/C23H20FNO4S2.C22H18FNO4S2/c1-15-19(20-13-17(24)8-9-21(20)25(15)14-22(26)29-2)12-16-10-11-30-23(16)31(27,28)18-6-4-3-5-7-18;1-14-18(19-12-16(23)7-8-20(19)24(14)13-21(25)26)11-15-9-10-29-22(15)30(27,28)17-5-3-2-4-6-17/h3-11,13H,12,14H2,1-2H3;2-10,12H,11,13H2,1H3,(H,25,26). The molecule has 16 heteroatoms. The number of halogens is 2. The van der Waals surface area contributed by atoms with E-state index in [0.717, 1.165) is 33.9 Å². The van der Waals surface area contributed by atoms with E-state index in [0.29, 0.717) is 50.6 Å². The lowest BCUT2D eigenvalue weighted by molar-refractivity contribution is -0.141. The molecular formula is C45H38F2N2O8S4. The van der Waals surface area contributed by atoms with Gasteiger partial charge in [0.15, 0.2) is 0 Å². The van der Waals surface area contributed by atoms with Crippen LogP contribution in [0.15, 0.2) is 138 Å². The van der Waals surface area contributed by atoms with E-state index in [4.69, 9.17) is 4.74 Å². The van der Waals surface area contributed by atoms with Crippen LogP contribution in [-0.2, 0) is 59.9 Å². The maximum atomic E-state index is 14.1. The molecule has 0 saturated carbocycles. The fraction of sp³-hybridized carbons (Fsp3) is 0.156. The van der Waals surface area contributed by atoms with Gasteiger partial charge in [-0.2, -0.15) is 0 Å². The predicted octanol–water partition coefficient (Wildman–Crippen LogP) is 9.41. The zero-order chi connectivity index (χ0) is 43.6. The summed E-state index contributed by atoms with van der Waals surface area (Å²) in [5.74, 6) is -2.25. The van der Waals surface area contributed by atoms with Gasteiger partial charge in [0.25, 0.3) is 0 Å². The van der Waals surface area contributed by atoms with Crippen LogP contribution in [-0.4, -0.2) is 50.1 Å². The molecule has 0 fully saturated rings. The Kier molecular flexibility index (Phi) is 12.4. The largest absolute Gasteiger partial charge is 0.480 e. The first-order chi connectivity index (χ1) is 29.1. The molecular weight excluding hydrogens is 863 g/mol. The molecule has 314 valence electrons. The average molecular weight is 901 g/mol. The number of ether oxygens (including phenoxy) is 1. The number of methoxy groups -OCH3 is 1. The van der Waals surface area contributed by atoms with E-state index in [1.807, 2.05) is 6.92 Å². The predicted molar refractivity (Wildman–Crippen MR) is 231 cm³/mol. The first kappa shape index (κ1) is 43.2. The molecule has 0 amide bonds. The third-order valence-electron chi connectivity index (χ3n) is 10.4. The number of carboxylic acid groups (broad SMARTS) is 1. The van der Waals surface area contributed by atoms with Crippen molar-refractivity contribution in [1.82, 2.24) is 9.13 Å². The number of hydrogen-bond acceptors (Lipinski definition) is 9. The summed E-state index contributed by atoms with van der Waals surface area (Å²) in [5, 5.41) is 14.0. The Hall–Kier alpha value is -5.94. The summed E-state index contributed by atoms with van der Waals surface area (Å²) in [6.07, 6.45) is 0.550. The summed E-state index contributed by atoms with van der Waals surface area (Å²) in [6.45, 7) is 3.35. The Morgan fingerprint density at radius 3 is 1.43 bits per heavy atom. The van der Waals surface area contributed by atoms with Crippen molar-refractivity contribution in [2.75, 3.05) is 7.11 Å². The molecule has 8 aromatic rings. The van der Waals surface area contributed by atoms with Gasteiger partial charge < -0.3 is 19.0 Å². The monoisotopic (exact) mass is 900 g/mol. The van der Waals surface area contributed by atoms with E-state index < -0.39 is 43.2 Å². The van der Waals surface area contributed by atoms with Crippen LogP contribution in [0.5, 0.6) is 0 Å². The number of benzene rings is 4. The van der Waals surface area contributed by atoms with Gasteiger partial charge in [-0.1, -0.05) is 36.4 Å². The highest BCUT2D eigenvalue weighted by molar-refractivity contribution is 7.93. The molecule has 0 bridgehead atoms. The molecule has 0 aliphatic rings. The molecule has 0 spiro atoms. The first-order valence-corrected chi connectivity index (χ1v) is 23.4. The average Bonchev–Trinajstić information content (AvgIpc) is 4.03. The van der Waals surface area contributed by atoms with E-state index in [9.17, 15) is 40.3 Å². The zero-order valence-corrected chi connectivity index (χ0v) is 36.2. The van der Waals surface area contributed by atoms with Gasteiger partial charge in [-0.25, -0.2) is 25.6 Å². The van der Waals surface area contributed by atoms with E-state index in [-0.39, 0.29) is 37.7 Å². The number of carbonyl (C=O) groups is 2. The number of aromatic nitrogens is 2. The van der Waals surface area contributed by atoms with Crippen LogP contribution in [0.2, 0.25) is 0 Å². The second-order valence-electron chi connectivity index (χ2n) is 14.0. The van der Waals surface area contributed by atoms with Gasteiger partial charge in [-0.3, -0.25) is 9.59 Å². The van der Waals surface area contributed by atoms with Gasteiger partial charge in [0.1, 0.15) is 33.1 Å². The number of rotatable bonds is 12. The molecule has 61 heavy (non-hydrogen) atoms. The van der Waals surface area contributed by atoms with Crippen LogP contribution in [0.4, 0.5) is 8.78 Å². The highest BCUT2D eigenvalue weighted by atomic mass is 32.2. The highest BCUT2D eigenvalue weighted by Crippen LogP contribution is 2.36. The fourth-order valence-corrected chi connectivity index (χ4v) is 13.1. The quantitative estimate of drug-likeness (QED) is 0.120. The molecule has 1 N–H and O–H groups in total. The van der Waals surface area contributed by atoms with Crippen LogP contribution >= 0.6 is 22.7 Å². The van der Waals surface area contributed by atoms with E-state index in [1.165, 1.54) is 31.4 Å². The molecule has 10 nitrogen and oxygen atoms in total. The summed E-state index contributed by atoms with van der Waals surface area (Å²) in [7, 11) is -6.05. The van der Waals surface area contributed by atoms with Crippen molar-refractivity contribution in [3.05, 3.63) is 165 Å². The van der Waals surface area contributed by atoms with Crippen molar-refractivity contribution in [3.8, 4) is 0 Å². The lowest BCUT2D eigenvalue weighted by atomic mass is 10.0. The lowest BCUT2D eigenvalue weighted by Crippen LogP contribution is -2.12. The minimum Gasteiger partial charge on any atom is -0.480 e. The van der Waals surface area contributed by atoms with Crippen LogP contribution in [0.3, 0.4) is 0 Å². The third kappa shape index (κ3) is 8.66. The van der Waals surface area contributed by atoms with Gasteiger partial charge in [0, 0.05) is 46.0 Å². The third-order valence-corrected chi connectivity index (χ3v) is 17.1. The summed E-state index contributed by atoms with van der Waals surface area (Å²) in [4.78, 5) is 23.7. The van der Waals surface area contributed by atoms with Crippen LogP contribution in [0.1, 0.15) is 33.6 Å². The summed E-state index contributed by atoms with van der Waals surface area (Å²) in [5.41, 5.74) is 5.47. The van der Waals surface area contributed by atoms with Crippen molar-refractivity contribution in [1.29, 1.82) is 0 Å². The van der Waals surface area contributed by atoms with Gasteiger partial charge in [0.2, 0.25) is 19.7 Å². The maximum Gasteiger partial charge on any atom is 0.325 e. The lowest BCUT2D eigenvalue weighted by Gasteiger charge is -2.08. The van der Waals surface area contributed by atoms with Crippen molar-refractivity contribution >= 4 is 76.1 Å². The minimum absolute atomic E-state index is 0.0106. The number of carbonyl (C=O) groups excluding carboxylic acids is 1. The van der Waals surface area contributed by atoms with E-state index >= 15 is 0 Å². The highest BCUT2D eigenvalue weighted by Gasteiger charge is 2.27. The molecule has 0 unspecified atom stereocenters. The number of hydrogen-bond donors (Lipinski definition) is 1. The number of fused-ring (bicyclic) bond motifs is 2. The number of esters is 1. The Balaban J connectivity index is 0.000000184. The van der Waals surface area contributed by atoms with Crippen molar-refractivity contribution in [2.45, 2.75) is 58.0 Å². The van der Waals surface area contributed by atoms with Gasteiger partial charge >= 0.3 is 11.9 Å². The van der Waals surface area contributed by atoms with Crippen molar-refractivity contribution in [3.63, 3.8) is 0 Å². The molecule has 0 atom stereocenters. The maximum absolute atomic E-state index is 14.1. The molecule has 0 radical (unpaired) electrons.